The number of hydrogen-bond donors (Lipinski definition) is 0. The molecule has 0 unspecified atom stereocenters. The van der Waals surface area contributed by atoms with Gasteiger partial charge in [0.2, 0.25) is 0 Å². The zero-order valence-corrected chi connectivity index (χ0v) is 16.1. The average molecular weight is 439 g/mol. The summed E-state index contributed by atoms with van der Waals surface area (Å²) in [5, 5.41) is -0.135. The van der Waals surface area contributed by atoms with Gasteiger partial charge < -0.3 is 4.90 Å². The first-order chi connectivity index (χ1) is 12.5. The van der Waals surface area contributed by atoms with Crippen LogP contribution in [0.5, 0.6) is 0 Å². The van der Waals surface area contributed by atoms with Crippen LogP contribution in [-0.2, 0) is 20.8 Å². The number of sulfone groups is 1. The number of amides is 1. The molecular weight excluding hydrogens is 425 g/mol. The zero-order chi connectivity index (χ0) is 19.6. The summed E-state index contributed by atoms with van der Waals surface area (Å²) in [7, 11) is -3.32. The Hall–Kier alpha value is -1.26. The summed E-state index contributed by atoms with van der Waals surface area (Å²) in [6, 6.07) is 2.27. The fourth-order valence-corrected chi connectivity index (χ4v) is 7.36. The lowest BCUT2D eigenvalue weighted by molar-refractivity contribution is -0.137. The van der Waals surface area contributed by atoms with Crippen LogP contribution in [0.25, 0.3) is 0 Å². The van der Waals surface area contributed by atoms with Crippen molar-refractivity contribution < 1.29 is 26.4 Å². The molecule has 2 atom stereocenters. The summed E-state index contributed by atoms with van der Waals surface area (Å²) in [4.78, 5) is 17.6. The molecular formula is C16H14ClF3N2O3S2. The van der Waals surface area contributed by atoms with Crippen molar-refractivity contribution in [1.82, 2.24) is 0 Å². The second-order valence-electron chi connectivity index (χ2n) is 6.84. The Morgan fingerprint density at radius 1 is 1.26 bits per heavy atom. The van der Waals surface area contributed by atoms with Crippen molar-refractivity contribution in [1.29, 1.82) is 0 Å². The van der Waals surface area contributed by atoms with Crippen molar-refractivity contribution in [3.8, 4) is 0 Å². The standard InChI is InChI=1S/C16H14ClF3N2O3S2/c17-10-4-3-9(16(18,19)20)5-11(10)22-12-6-27(24,25)7-13(12)26-15(22)21-14(23)8-1-2-8/h3-5,8,12-13H,1-2,6-7H2/t12-,13+/m1/s1. The summed E-state index contributed by atoms with van der Waals surface area (Å²) in [5.41, 5.74) is -0.880. The van der Waals surface area contributed by atoms with E-state index in [1.807, 2.05) is 0 Å². The number of amidine groups is 1. The summed E-state index contributed by atoms with van der Waals surface area (Å²) in [5.74, 6) is -0.797. The van der Waals surface area contributed by atoms with E-state index in [9.17, 15) is 26.4 Å². The maximum Gasteiger partial charge on any atom is 0.416 e. The molecule has 146 valence electrons. The van der Waals surface area contributed by atoms with E-state index in [2.05, 4.69) is 4.99 Å². The Bertz CT molecular complexity index is 945. The highest BCUT2D eigenvalue weighted by Gasteiger charge is 2.50. The monoisotopic (exact) mass is 438 g/mol. The predicted octanol–water partition coefficient (Wildman–Crippen LogP) is 3.37. The fraction of sp³-hybridized carbons (Fsp3) is 0.500. The number of halogens is 4. The summed E-state index contributed by atoms with van der Waals surface area (Å²) < 4.78 is 63.5. The van der Waals surface area contributed by atoms with Crippen LogP contribution in [0.4, 0.5) is 18.9 Å². The van der Waals surface area contributed by atoms with Crippen LogP contribution >= 0.6 is 23.4 Å². The van der Waals surface area contributed by atoms with E-state index in [4.69, 9.17) is 11.6 Å². The van der Waals surface area contributed by atoms with Gasteiger partial charge in [0.1, 0.15) is 0 Å². The Morgan fingerprint density at radius 2 is 1.96 bits per heavy atom. The first-order valence-corrected chi connectivity index (χ1v) is 11.3. The molecule has 0 bridgehead atoms. The quantitative estimate of drug-likeness (QED) is 0.708. The van der Waals surface area contributed by atoms with Crippen LogP contribution < -0.4 is 4.90 Å². The molecule has 27 heavy (non-hydrogen) atoms. The maximum atomic E-state index is 13.2. The van der Waals surface area contributed by atoms with E-state index in [0.717, 1.165) is 42.8 Å². The Labute approximate surface area is 162 Å². The molecule has 1 saturated carbocycles. The van der Waals surface area contributed by atoms with Gasteiger partial charge >= 0.3 is 6.18 Å². The van der Waals surface area contributed by atoms with Crippen LogP contribution in [0, 0.1) is 5.92 Å². The number of carbonyl (C=O) groups excluding carboxylic acids is 1. The van der Waals surface area contributed by atoms with Crippen LogP contribution in [0.1, 0.15) is 18.4 Å². The molecule has 4 rings (SSSR count). The molecule has 3 fully saturated rings. The number of benzene rings is 1. The van der Waals surface area contributed by atoms with Crippen molar-refractivity contribution in [3.63, 3.8) is 0 Å². The number of thioether (sulfide) groups is 1. The SMILES string of the molecule is O=C(N=C1S[C@H]2CS(=O)(=O)C[C@H]2N1c1cc(C(F)(F)F)ccc1Cl)C1CC1. The molecule has 0 aromatic heterocycles. The lowest BCUT2D eigenvalue weighted by atomic mass is 10.1. The van der Waals surface area contributed by atoms with Gasteiger partial charge in [0.15, 0.2) is 15.0 Å². The maximum absolute atomic E-state index is 13.2. The number of hydrogen-bond acceptors (Lipinski definition) is 4. The number of alkyl halides is 3. The van der Waals surface area contributed by atoms with Crippen molar-refractivity contribution in [2.45, 2.75) is 30.3 Å². The summed E-state index contributed by atoms with van der Waals surface area (Å²) in [6.07, 6.45) is -3.09. The van der Waals surface area contributed by atoms with Gasteiger partial charge in [-0.2, -0.15) is 18.2 Å². The molecule has 3 aliphatic rings. The molecule has 1 amide bonds. The van der Waals surface area contributed by atoms with E-state index in [1.54, 1.807) is 0 Å². The average Bonchev–Trinajstić information content (AvgIpc) is 3.28. The van der Waals surface area contributed by atoms with E-state index in [0.29, 0.717) is 0 Å². The van der Waals surface area contributed by atoms with Crippen molar-refractivity contribution in [2.75, 3.05) is 16.4 Å². The summed E-state index contributed by atoms with van der Waals surface area (Å²) in [6.45, 7) is 0. The lowest BCUT2D eigenvalue weighted by Crippen LogP contribution is -2.38. The number of rotatable bonds is 2. The molecule has 5 nitrogen and oxygen atoms in total. The Morgan fingerprint density at radius 3 is 2.59 bits per heavy atom. The third-order valence-electron chi connectivity index (χ3n) is 4.73. The predicted molar refractivity (Wildman–Crippen MR) is 97.9 cm³/mol. The largest absolute Gasteiger partial charge is 0.416 e. The molecule has 1 aromatic carbocycles. The normalized spacial score (nSPS) is 28.6. The van der Waals surface area contributed by atoms with Crippen molar-refractivity contribution in [2.24, 2.45) is 10.9 Å². The highest BCUT2D eigenvalue weighted by molar-refractivity contribution is 8.16. The van der Waals surface area contributed by atoms with E-state index >= 15 is 0 Å². The third kappa shape index (κ3) is 3.71. The highest BCUT2D eigenvalue weighted by Crippen LogP contribution is 2.45. The van der Waals surface area contributed by atoms with Crippen molar-refractivity contribution in [3.05, 3.63) is 28.8 Å². The number of nitrogens with zero attached hydrogens (tertiary/aromatic N) is 2. The lowest BCUT2D eigenvalue weighted by Gasteiger charge is -2.26. The molecule has 11 heteroatoms. The van der Waals surface area contributed by atoms with Crippen LogP contribution in [0.2, 0.25) is 5.02 Å². The van der Waals surface area contributed by atoms with Gasteiger partial charge in [0.25, 0.3) is 5.91 Å². The zero-order valence-electron chi connectivity index (χ0n) is 13.7. The van der Waals surface area contributed by atoms with Gasteiger partial charge in [0, 0.05) is 11.2 Å². The van der Waals surface area contributed by atoms with E-state index < -0.39 is 32.9 Å². The third-order valence-corrected chi connectivity index (χ3v) is 8.26. The fourth-order valence-electron chi connectivity index (χ4n) is 3.24. The number of carbonyl (C=O) groups is 1. The topological polar surface area (TPSA) is 66.8 Å². The molecule has 2 aliphatic heterocycles. The number of fused-ring (bicyclic) bond motifs is 1. The second kappa shape index (κ2) is 6.38. The van der Waals surface area contributed by atoms with Gasteiger partial charge in [-0.1, -0.05) is 23.4 Å². The highest BCUT2D eigenvalue weighted by atomic mass is 35.5. The second-order valence-corrected chi connectivity index (χ2v) is 10.6. The van der Waals surface area contributed by atoms with Gasteiger partial charge in [-0.25, -0.2) is 8.42 Å². The summed E-state index contributed by atoms with van der Waals surface area (Å²) >= 11 is 7.28. The van der Waals surface area contributed by atoms with Gasteiger partial charge in [-0.3, -0.25) is 4.79 Å². The molecule has 2 saturated heterocycles. The Balaban J connectivity index is 1.79. The van der Waals surface area contributed by atoms with Crippen LogP contribution in [-0.4, -0.2) is 42.3 Å². The molecule has 0 spiro atoms. The molecule has 1 aliphatic carbocycles. The van der Waals surface area contributed by atoms with Crippen LogP contribution in [0.15, 0.2) is 23.2 Å². The molecule has 2 heterocycles. The molecule has 0 radical (unpaired) electrons. The molecule has 1 aromatic rings. The smallest absolute Gasteiger partial charge is 0.314 e. The minimum absolute atomic E-state index is 0.0194. The van der Waals surface area contributed by atoms with E-state index in [1.165, 1.54) is 4.90 Å². The first kappa shape index (κ1) is 19.1. The molecule has 0 N–H and O–H groups in total. The minimum Gasteiger partial charge on any atom is -0.314 e. The Kier molecular flexibility index (Phi) is 4.51. The van der Waals surface area contributed by atoms with Gasteiger partial charge in [0.05, 0.1) is 33.8 Å². The van der Waals surface area contributed by atoms with Crippen molar-refractivity contribution >= 4 is 50.0 Å². The first-order valence-electron chi connectivity index (χ1n) is 8.21. The van der Waals surface area contributed by atoms with Crippen LogP contribution in [0.3, 0.4) is 0 Å². The van der Waals surface area contributed by atoms with Gasteiger partial charge in [-0.05, 0) is 31.0 Å². The van der Waals surface area contributed by atoms with E-state index in [-0.39, 0.29) is 39.2 Å². The number of anilines is 1. The van der Waals surface area contributed by atoms with Gasteiger partial charge in [-0.15, -0.1) is 0 Å². The number of aliphatic imine (C=N–C) groups is 1. The minimum atomic E-state index is -4.57.